The molecule has 1 fully saturated rings. The van der Waals surface area contributed by atoms with Gasteiger partial charge in [-0.25, -0.2) is 9.97 Å². The lowest BCUT2D eigenvalue weighted by molar-refractivity contribution is -0.0366. The molecule has 1 atom stereocenters. The van der Waals surface area contributed by atoms with Crippen molar-refractivity contribution >= 4 is 22.6 Å². The third kappa shape index (κ3) is 4.35. The van der Waals surface area contributed by atoms with Gasteiger partial charge in [-0.05, 0) is 30.3 Å². The Morgan fingerprint density at radius 3 is 2.84 bits per heavy atom. The number of benzene rings is 1. The fourth-order valence-corrected chi connectivity index (χ4v) is 3.74. The van der Waals surface area contributed by atoms with E-state index in [1.54, 1.807) is 31.8 Å². The summed E-state index contributed by atoms with van der Waals surface area (Å²) >= 11 is 0. The lowest BCUT2D eigenvalue weighted by Crippen LogP contribution is -2.38. The molecule has 0 saturated carbocycles. The predicted octanol–water partition coefficient (Wildman–Crippen LogP) is 3.94. The summed E-state index contributed by atoms with van der Waals surface area (Å²) in [6.45, 7) is 2.95. The number of hydrogen-bond donors (Lipinski definition) is 1. The van der Waals surface area contributed by atoms with Gasteiger partial charge >= 0.3 is 0 Å². The van der Waals surface area contributed by atoms with Crippen molar-refractivity contribution in [1.82, 2.24) is 19.9 Å². The SMILES string of the molecule is COc1cccc2cc(CN3CCO[C@H](c4ccc(Nc5ncccn5)cn4)C3)oc12. The molecule has 0 radical (unpaired) electrons. The first-order valence-corrected chi connectivity index (χ1v) is 10.2. The fourth-order valence-electron chi connectivity index (χ4n) is 3.74. The van der Waals surface area contributed by atoms with Crippen molar-refractivity contribution < 1.29 is 13.9 Å². The van der Waals surface area contributed by atoms with Crippen LogP contribution in [0.1, 0.15) is 17.6 Å². The van der Waals surface area contributed by atoms with E-state index < -0.39 is 0 Å². The van der Waals surface area contributed by atoms with Crippen LogP contribution in [0.15, 0.2) is 65.5 Å². The molecule has 8 heteroatoms. The number of nitrogens with one attached hydrogen (secondary N) is 1. The molecule has 1 saturated heterocycles. The van der Waals surface area contributed by atoms with E-state index in [9.17, 15) is 0 Å². The van der Waals surface area contributed by atoms with Gasteiger partial charge in [0.1, 0.15) is 11.9 Å². The maximum Gasteiger partial charge on any atom is 0.227 e. The van der Waals surface area contributed by atoms with Crippen LogP contribution in [0.3, 0.4) is 0 Å². The number of morpholine rings is 1. The molecule has 0 amide bonds. The largest absolute Gasteiger partial charge is 0.493 e. The van der Waals surface area contributed by atoms with Gasteiger partial charge in [-0.3, -0.25) is 9.88 Å². The highest BCUT2D eigenvalue weighted by molar-refractivity contribution is 5.83. The number of anilines is 2. The highest BCUT2D eigenvalue weighted by atomic mass is 16.5. The number of rotatable bonds is 6. The maximum absolute atomic E-state index is 6.06. The molecule has 8 nitrogen and oxygen atoms in total. The second-order valence-electron chi connectivity index (χ2n) is 7.36. The Kier molecular flexibility index (Phi) is 5.47. The molecule has 0 spiro atoms. The molecule has 1 aliphatic heterocycles. The summed E-state index contributed by atoms with van der Waals surface area (Å²) in [6.07, 6.45) is 5.08. The molecule has 1 aromatic carbocycles. The number of para-hydroxylation sites is 1. The van der Waals surface area contributed by atoms with Crippen molar-refractivity contribution in [2.45, 2.75) is 12.6 Å². The van der Waals surface area contributed by atoms with Gasteiger partial charge in [-0.2, -0.15) is 0 Å². The Labute approximate surface area is 179 Å². The molecule has 4 heterocycles. The minimum Gasteiger partial charge on any atom is -0.493 e. The number of nitrogens with zero attached hydrogens (tertiary/aromatic N) is 4. The summed E-state index contributed by atoms with van der Waals surface area (Å²) in [6, 6.07) is 13.7. The number of methoxy groups -OCH3 is 1. The normalized spacial score (nSPS) is 17.0. The minimum atomic E-state index is -0.0883. The lowest BCUT2D eigenvalue weighted by atomic mass is 10.1. The fraction of sp³-hybridized carbons (Fsp3) is 0.261. The van der Waals surface area contributed by atoms with Crippen molar-refractivity contribution in [3.05, 3.63) is 72.5 Å². The highest BCUT2D eigenvalue weighted by Crippen LogP contribution is 2.30. The van der Waals surface area contributed by atoms with E-state index in [1.807, 2.05) is 30.3 Å². The van der Waals surface area contributed by atoms with Crippen LogP contribution in [-0.2, 0) is 11.3 Å². The van der Waals surface area contributed by atoms with E-state index in [4.69, 9.17) is 13.9 Å². The molecule has 3 aromatic heterocycles. The monoisotopic (exact) mass is 417 g/mol. The number of fused-ring (bicyclic) bond motifs is 1. The molecular weight excluding hydrogens is 394 g/mol. The van der Waals surface area contributed by atoms with E-state index in [0.717, 1.165) is 46.9 Å². The van der Waals surface area contributed by atoms with Gasteiger partial charge in [-0.15, -0.1) is 0 Å². The molecule has 4 aromatic rings. The molecule has 0 unspecified atom stereocenters. The molecule has 31 heavy (non-hydrogen) atoms. The second kappa shape index (κ2) is 8.71. The molecular formula is C23H23N5O3. The molecule has 1 N–H and O–H groups in total. The third-order valence-corrected chi connectivity index (χ3v) is 5.25. The zero-order valence-corrected chi connectivity index (χ0v) is 17.2. The van der Waals surface area contributed by atoms with Crippen molar-refractivity contribution in [1.29, 1.82) is 0 Å². The topological polar surface area (TPSA) is 85.5 Å². The van der Waals surface area contributed by atoms with Gasteiger partial charge < -0.3 is 19.2 Å². The molecule has 158 valence electrons. The quantitative estimate of drug-likeness (QED) is 0.505. The summed E-state index contributed by atoms with van der Waals surface area (Å²) in [5.41, 5.74) is 2.52. The first-order valence-electron chi connectivity index (χ1n) is 10.2. The third-order valence-electron chi connectivity index (χ3n) is 5.25. The number of ether oxygens (including phenoxy) is 2. The van der Waals surface area contributed by atoms with Gasteiger partial charge in [-0.1, -0.05) is 12.1 Å². The zero-order chi connectivity index (χ0) is 21.0. The van der Waals surface area contributed by atoms with Crippen LogP contribution in [0.4, 0.5) is 11.6 Å². The van der Waals surface area contributed by atoms with Gasteiger partial charge in [0, 0.05) is 30.9 Å². The highest BCUT2D eigenvalue weighted by Gasteiger charge is 2.24. The van der Waals surface area contributed by atoms with Gasteiger partial charge in [0.05, 0.1) is 37.8 Å². The Bertz CT molecular complexity index is 1150. The number of furan rings is 1. The van der Waals surface area contributed by atoms with Crippen LogP contribution in [-0.4, -0.2) is 46.7 Å². The average Bonchev–Trinajstić information content (AvgIpc) is 3.23. The van der Waals surface area contributed by atoms with Crippen LogP contribution < -0.4 is 10.1 Å². The first kappa shape index (κ1) is 19.5. The van der Waals surface area contributed by atoms with E-state index in [0.29, 0.717) is 19.1 Å². The van der Waals surface area contributed by atoms with Crippen LogP contribution >= 0.6 is 0 Å². The zero-order valence-electron chi connectivity index (χ0n) is 17.2. The van der Waals surface area contributed by atoms with Crippen LogP contribution in [0.25, 0.3) is 11.0 Å². The molecule has 5 rings (SSSR count). The van der Waals surface area contributed by atoms with Crippen molar-refractivity contribution in [3.8, 4) is 5.75 Å². The maximum atomic E-state index is 6.06. The smallest absolute Gasteiger partial charge is 0.227 e. The van der Waals surface area contributed by atoms with Crippen LogP contribution in [0, 0.1) is 0 Å². The van der Waals surface area contributed by atoms with Crippen molar-refractivity contribution in [3.63, 3.8) is 0 Å². The summed E-state index contributed by atoms with van der Waals surface area (Å²) in [5.74, 6) is 2.21. The van der Waals surface area contributed by atoms with Gasteiger partial charge in [0.15, 0.2) is 11.3 Å². The lowest BCUT2D eigenvalue weighted by Gasteiger charge is -2.32. The van der Waals surface area contributed by atoms with Gasteiger partial charge in [0.2, 0.25) is 5.95 Å². The first-order chi connectivity index (χ1) is 15.3. The van der Waals surface area contributed by atoms with Crippen LogP contribution in [0.2, 0.25) is 0 Å². The van der Waals surface area contributed by atoms with E-state index >= 15 is 0 Å². The van der Waals surface area contributed by atoms with Gasteiger partial charge in [0.25, 0.3) is 0 Å². The number of aromatic nitrogens is 3. The summed E-state index contributed by atoms with van der Waals surface area (Å²) in [5, 5.41) is 4.19. The Hall–Kier alpha value is -3.49. The summed E-state index contributed by atoms with van der Waals surface area (Å²) in [7, 11) is 1.66. The van der Waals surface area contributed by atoms with Crippen molar-refractivity contribution in [2.24, 2.45) is 0 Å². The Morgan fingerprint density at radius 1 is 1.13 bits per heavy atom. The Balaban J connectivity index is 1.25. The average molecular weight is 417 g/mol. The second-order valence-corrected chi connectivity index (χ2v) is 7.36. The van der Waals surface area contributed by atoms with E-state index in [2.05, 4.69) is 31.2 Å². The molecule has 0 bridgehead atoms. The van der Waals surface area contributed by atoms with E-state index in [1.165, 1.54) is 0 Å². The van der Waals surface area contributed by atoms with E-state index in [-0.39, 0.29) is 6.10 Å². The van der Waals surface area contributed by atoms with Crippen LogP contribution in [0.5, 0.6) is 5.75 Å². The number of pyridine rings is 1. The molecule has 0 aliphatic carbocycles. The summed E-state index contributed by atoms with van der Waals surface area (Å²) in [4.78, 5) is 15.2. The summed E-state index contributed by atoms with van der Waals surface area (Å²) < 4.78 is 17.5. The Morgan fingerprint density at radius 2 is 2.03 bits per heavy atom. The van der Waals surface area contributed by atoms with Crippen molar-refractivity contribution in [2.75, 3.05) is 32.1 Å². The predicted molar refractivity (Wildman–Crippen MR) is 116 cm³/mol. The number of hydrogen-bond acceptors (Lipinski definition) is 8. The standard InChI is InChI=1S/C23H23N5O3/c1-29-20-5-2-4-16-12-18(31-22(16)20)14-28-10-11-30-21(15-28)19-7-6-17(13-26-19)27-23-24-8-3-9-25-23/h2-9,12-13,21H,10-11,14-15H2,1H3,(H,24,25,27)/t21-/m0/s1. The minimum absolute atomic E-state index is 0.0883. The molecule has 1 aliphatic rings.